The molecule has 5 rings (SSSR count). The van der Waals surface area contributed by atoms with Gasteiger partial charge in [-0.15, -0.1) is 6.58 Å². The van der Waals surface area contributed by atoms with Crippen LogP contribution >= 0.6 is 0 Å². The lowest BCUT2D eigenvalue weighted by Crippen LogP contribution is -2.38. The van der Waals surface area contributed by atoms with E-state index in [1.165, 1.54) is 0 Å². The lowest BCUT2D eigenvalue weighted by Gasteiger charge is -2.40. The van der Waals surface area contributed by atoms with Crippen molar-refractivity contribution in [3.63, 3.8) is 0 Å². The number of hydrogen-bond donors (Lipinski definition) is 0. The van der Waals surface area contributed by atoms with E-state index in [1.54, 1.807) is 14.2 Å². The zero-order valence-electron chi connectivity index (χ0n) is 23.8. The van der Waals surface area contributed by atoms with Crippen molar-refractivity contribution in [1.29, 1.82) is 0 Å². The van der Waals surface area contributed by atoms with Gasteiger partial charge in [0.2, 0.25) is 0 Å². The molecule has 0 amide bonds. The number of carbonyl (C=O) groups is 1. The van der Waals surface area contributed by atoms with Crippen LogP contribution in [0.15, 0.2) is 73.3 Å². The number of hydrogen-bond acceptors (Lipinski definition) is 6. The summed E-state index contributed by atoms with van der Waals surface area (Å²) in [6.07, 6.45) is 10.4. The van der Waals surface area contributed by atoms with Gasteiger partial charge < -0.3 is 28.5 Å². The first-order valence-electron chi connectivity index (χ1n) is 14.5. The number of fused-ring (bicyclic) bond motifs is 1. The van der Waals surface area contributed by atoms with Crippen LogP contribution in [0.3, 0.4) is 0 Å². The van der Waals surface area contributed by atoms with Gasteiger partial charge in [-0.1, -0.05) is 49.4 Å². The van der Waals surface area contributed by atoms with E-state index in [1.807, 2.05) is 36.4 Å². The number of rotatable bonds is 11. The highest BCUT2D eigenvalue weighted by molar-refractivity contribution is 5.50. The Labute approximate surface area is 238 Å². The van der Waals surface area contributed by atoms with Crippen molar-refractivity contribution in [3.8, 4) is 11.5 Å². The Morgan fingerprint density at radius 3 is 2.25 bits per heavy atom. The minimum absolute atomic E-state index is 0.0135. The Morgan fingerprint density at radius 2 is 1.60 bits per heavy atom. The second-order valence-electron chi connectivity index (χ2n) is 11.4. The van der Waals surface area contributed by atoms with E-state index < -0.39 is 6.29 Å². The van der Waals surface area contributed by atoms with Gasteiger partial charge in [0.15, 0.2) is 6.29 Å². The summed E-state index contributed by atoms with van der Waals surface area (Å²) in [6, 6.07) is 15.9. The van der Waals surface area contributed by atoms with Crippen molar-refractivity contribution in [1.82, 2.24) is 0 Å². The third kappa shape index (κ3) is 6.35. The maximum atomic E-state index is 11.4. The molecule has 6 heteroatoms. The molecule has 1 aliphatic heterocycles. The molecule has 1 saturated heterocycles. The van der Waals surface area contributed by atoms with Crippen LogP contribution in [-0.2, 0) is 25.6 Å². The fraction of sp³-hybridized carbons (Fsp3) is 0.500. The molecule has 1 saturated carbocycles. The molecule has 1 heterocycles. The minimum Gasteiger partial charge on any atom is -0.497 e. The Kier molecular flexibility index (Phi) is 9.40. The first-order chi connectivity index (χ1) is 19.5. The first-order valence-corrected chi connectivity index (χ1v) is 14.5. The molecule has 9 atom stereocenters. The largest absolute Gasteiger partial charge is 0.497 e. The average molecular weight is 547 g/mol. The Morgan fingerprint density at radius 1 is 0.925 bits per heavy atom. The van der Waals surface area contributed by atoms with Gasteiger partial charge in [-0.3, -0.25) is 0 Å². The second-order valence-corrected chi connectivity index (χ2v) is 11.4. The van der Waals surface area contributed by atoms with Crippen molar-refractivity contribution >= 4 is 6.29 Å². The van der Waals surface area contributed by atoms with Gasteiger partial charge in [-0.25, -0.2) is 0 Å². The van der Waals surface area contributed by atoms with Crippen molar-refractivity contribution in [3.05, 3.63) is 84.5 Å². The van der Waals surface area contributed by atoms with Crippen molar-refractivity contribution < 1.29 is 28.5 Å². The molecule has 40 heavy (non-hydrogen) atoms. The Hall–Kier alpha value is -2.93. The summed E-state index contributed by atoms with van der Waals surface area (Å²) < 4.78 is 29.8. The molecule has 0 spiro atoms. The van der Waals surface area contributed by atoms with Gasteiger partial charge >= 0.3 is 0 Å². The molecule has 2 aromatic carbocycles. The monoisotopic (exact) mass is 546 g/mol. The maximum Gasteiger partial charge on any atom is 0.184 e. The predicted molar refractivity (Wildman–Crippen MR) is 154 cm³/mol. The molecule has 2 fully saturated rings. The fourth-order valence-electron chi connectivity index (χ4n) is 6.92. The third-order valence-corrected chi connectivity index (χ3v) is 8.96. The van der Waals surface area contributed by atoms with E-state index >= 15 is 0 Å². The Bertz CT molecular complexity index is 1140. The van der Waals surface area contributed by atoms with Crippen LogP contribution in [0.4, 0.5) is 0 Å². The summed E-state index contributed by atoms with van der Waals surface area (Å²) in [5, 5.41) is 0. The number of ether oxygens (including phenoxy) is 5. The van der Waals surface area contributed by atoms with E-state index in [0.29, 0.717) is 49.0 Å². The molecule has 0 radical (unpaired) electrons. The maximum absolute atomic E-state index is 11.4. The summed E-state index contributed by atoms with van der Waals surface area (Å²) in [4.78, 5) is 11.4. The molecule has 214 valence electrons. The second kappa shape index (κ2) is 13.2. The number of methoxy groups -OCH3 is 2. The average Bonchev–Trinajstić information content (AvgIpc) is 3.31. The summed E-state index contributed by atoms with van der Waals surface area (Å²) in [7, 11) is 3.33. The van der Waals surface area contributed by atoms with Crippen LogP contribution in [-0.4, -0.2) is 38.8 Å². The summed E-state index contributed by atoms with van der Waals surface area (Å²) in [5.74, 6) is 3.65. The van der Waals surface area contributed by atoms with E-state index in [0.717, 1.165) is 41.8 Å². The van der Waals surface area contributed by atoms with Gasteiger partial charge in [0.1, 0.15) is 17.8 Å². The number of allylic oxidation sites excluding steroid dienone is 2. The molecule has 3 aliphatic rings. The molecule has 2 aliphatic carbocycles. The normalized spacial score (nSPS) is 33.2. The van der Waals surface area contributed by atoms with E-state index in [2.05, 4.69) is 43.9 Å². The van der Waals surface area contributed by atoms with Crippen molar-refractivity contribution in [2.75, 3.05) is 14.2 Å². The fourth-order valence-corrected chi connectivity index (χ4v) is 6.92. The molecule has 0 N–H and O–H groups in total. The smallest absolute Gasteiger partial charge is 0.184 e. The van der Waals surface area contributed by atoms with Gasteiger partial charge in [0.25, 0.3) is 0 Å². The molecule has 6 nitrogen and oxygen atoms in total. The van der Waals surface area contributed by atoms with Crippen LogP contribution in [0.2, 0.25) is 0 Å². The van der Waals surface area contributed by atoms with Gasteiger partial charge in [0.05, 0.1) is 39.1 Å². The molecule has 2 aromatic rings. The highest BCUT2D eigenvalue weighted by Crippen LogP contribution is 2.50. The summed E-state index contributed by atoms with van der Waals surface area (Å²) in [5.41, 5.74) is 2.09. The van der Waals surface area contributed by atoms with Crippen molar-refractivity contribution in [2.45, 2.75) is 63.8 Å². The summed E-state index contributed by atoms with van der Waals surface area (Å²) >= 11 is 0. The van der Waals surface area contributed by atoms with Gasteiger partial charge in [-0.05, 0) is 66.3 Å². The van der Waals surface area contributed by atoms with E-state index in [4.69, 9.17) is 23.7 Å². The molecular formula is C34H42O6. The molecule has 0 bridgehead atoms. The minimum atomic E-state index is -0.501. The lowest BCUT2D eigenvalue weighted by molar-refractivity contribution is -0.250. The quantitative estimate of drug-likeness (QED) is 0.231. The SMILES string of the molecule is C=C[C@H]1[C@@H]2C[C@@H](C)[C@@H](OCc3ccc(OC)cc3)[C@@H]2C=C[C@H]1C[C@H]1C[C@@H](CC=O)O[C@@H](c2ccc(OC)cc2)O1. The highest BCUT2D eigenvalue weighted by atomic mass is 16.7. The first kappa shape index (κ1) is 28.6. The molecular weight excluding hydrogens is 504 g/mol. The van der Waals surface area contributed by atoms with Crippen LogP contribution in [0, 0.1) is 29.6 Å². The number of carbonyl (C=O) groups excluding carboxylic acids is 1. The van der Waals surface area contributed by atoms with Crippen LogP contribution in [0.1, 0.15) is 50.0 Å². The van der Waals surface area contributed by atoms with Crippen LogP contribution in [0.25, 0.3) is 0 Å². The van der Waals surface area contributed by atoms with E-state index in [9.17, 15) is 4.79 Å². The summed E-state index contributed by atoms with van der Waals surface area (Å²) in [6.45, 7) is 7.17. The Balaban J connectivity index is 1.26. The lowest BCUT2D eigenvalue weighted by atomic mass is 9.69. The third-order valence-electron chi connectivity index (χ3n) is 8.96. The van der Waals surface area contributed by atoms with Crippen LogP contribution in [0.5, 0.6) is 11.5 Å². The highest BCUT2D eigenvalue weighted by Gasteiger charge is 2.47. The predicted octanol–water partition coefficient (Wildman–Crippen LogP) is 6.70. The standard InChI is InChI=1S/C34H42O6/c1-5-30-25(19-29-20-28(16-17-35)39-34(40-29)24-8-13-27(37-4)14-9-24)10-15-31-32(30)18-22(2)33(31)38-21-23-6-11-26(36-3)12-7-23/h5-15,17,22,25,28-34H,1,16,18-21H2,2-4H3/t22-,25+,28-,29+,30-,31-,32+,33-,34-/m1/s1. The van der Waals surface area contributed by atoms with Gasteiger partial charge in [-0.2, -0.15) is 0 Å². The van der Waals surface area contributed by atoms with Gasteiger partial charge in [0, 0.05) is 24.3 Å². The number of aldehydes is 1. The molecule has 0 unspecified atom stereocenters. The van der Waals surface area contributed by atoms with Crippen molar-refractivity contribution in [2.24, 2.45) is 29.6 Å². The topological polar surface area (TPSA) is 63.2 Å². The molecule has 0 aromatic heterocycles. The number of benzene rings is 2. The van der Waals surface area contributed by atoms with E-state index in [-0.39, 0.29) is 18.3 Å². The zero-order chi connectivity index (χ0) is 28.1. The van der Waals surface area contributed by atoms with Crippen LogP contribution < -0.4 is 9.47 Å². The zero-order valence-corrected chi connectivity index (χ0v) is 23.8.